The number of likely N-dealkylation sites (tertiary alicyclic amines) is 2. The molecule has 2 saturated heterocycles. The first-order valence-electron chi connectivity index (χ1n) is 7.62. The maximum atomic E-state index is 4.63. The maximum Gasteiger partial charge on any atom is 0.0897 e. The molecule has 1 aliphatic carbocycles. The van der Waals surface area contributed by atoms with Crippen molar-refractivity contribution in [1.29, 1.82) is 0 Å². The van der Waals surface area contributed by atoms with Gasteiger partial charge in [-0.1, -0.05) is 0 Å². The third kappa shape index (κ3) is 2.34. The Balaban J connectivity index is 1.38. The van der Waals surface area contributed by atoms with Gasteiger partial charge in [-0.3, -0.25) is 4.90 Å². The lowest BCUT2D eigenvalue weighted by atomic mass is 9.83. The molecule has 1 saturated carbocycles. The largest absolute Gasteiger partial charge is 0.301 e. The van der Waals surface area contributed by atoms with Crippen molar-refractivity contribution >= 4 is 11.3 Å². The van der Waals surface area contributed by atoms with Crippen molar-refractivity contribution in [3.05, 3.63) is 16.1 Å². The van der Waals surface area contributed by atoms with E-state index in [-0.39, 0.29) is 0 Å². The Morgan fingerprint density at radius 2 is 2.21 bits per heavy atom. The van der Waals surface area contributed by atoms with Crippen molar-refractivity contribution in [3.63, 3.8) is 0 Å². The first-order chi connectivity index (χ1) is 9.23. The van der Waals surface area contributed by atoms with Crippen LogP contribution in [0.3, 0.4) is 0 Å². The summed E-state index contributed by atoms with van der Waals surface area (Å²) in [5.41, 5.74) is 1.79. The molecule has 0 radical (unpaired) electrons. The molecule has 19 heavy (non-hydrogen) atoms. The van der Waals surface area contributed by atoms with E-state index in [0.29, 0.717) is 5.54 Å². The number of thiazole rings is 1. The molecule has 3 aliphatic rings. The lowest BCUT2D eigenvalue weighted by Gasteiger charge is -2.50. The summed E-state index contributed by atoms with van der Waals surface area (Å²) in [6.07, 6.45) is 5.73. The highest BCUT2D eigenvalue weighted by Crippen LogP contribution is 2.41. The van der Waals surface area contributed by atoms with Gasteiger partial charge in [-0.25, -0.2) is 4.98 Å². The van der Waals surface area contributed by atoms with Gasteiger partial charge in [0, 0.05) is 43.6 Å². The summed E-state index contributed by atoms with van der Waals surface area (Å²) in [6, 6.07) is 0. The summed E-state index contributed by atoms with van der Waals surface area (Å²) in [6.45, 7) is 8.45. The first-order valence-corrected chi connectivity index (χ1v) is 8.50. The van der Waals surface area contributed by atoms with Gasteiger partial charge in [-0.05, 0) is 38.5 Å². The average molecular weight is 277 g/mol. The number of hydrogen-bond donors (Lipinski definition) is 0. The minimum atomic E-state index is 0.506. The highest BCUT2D eigenvalue weighted by Gasteiger charge is 2.49. The summed E-state index contributed by atoms with van der Waals surface area (Å²) in [5.74, 6) is 1.03. The maximum absolute atomic E-state index is 4.63. The lowest BCUT2D eigenvalue weighted by Crippen LogP contribution is -2.60. The van der Waals surface area contributed by atoms with Crippen LogP contribution >= 0.6 is 11.3 Å². The summed E-state index contributed by atoms with van der Waals surface area (Å²) in [5, 5.41) is 3.43. The SMILES string of the molecule is Cc1nc(CN2CCC23CCN(CC2CC2)C3)cs1. The van der Waals surface area contributed by atoms with E-state index in [4.69, 9.17) is 0 Å². The van der Waals surface area contributed by atoms with Crippen LogP contribution < -0.4 is 0 Å². The predicted octanol–water partition coefficient (Wildman–Crippen LogP) is 2.51. The summed E-state index contributed by atoms with van der Waals surface area (Å²) in [4.78, 5) is 10.0. The second-order valence-corrected chi connectivity index (χ2v) is 7.74. The standard InChI is InChI=1S/C15H23N3S/c1-12-16-14(10-19-12)9-18-7-5-15(18)4-6-17(11-15)8-13-2-3-13/h10,13H,2-9,11H2,1H3. The molecule has 1 aromatic rings. The third-order valence-corrected chi connectivity index (χ3v) is 5.98. The number of aromatic nitrogens is 1. The molecule has 3 nitrogen and oxygen atoms in total. The minimum Gasteiger partial charge on any atom is -0.301 e. The van der Waals surface area contributed by atoms with Crippen molar-refractivity contribution in [2.75, 3.05) is 26.2 Å². The molecule has 1 atom stereocenters. The molecule has 0 bridgehead atoms. The fourth-order valence-electron chi connectivity index (χ4n) is 3.73. The van der Waals surface area contributed by atoms with Gasteiger partial charge in [0.15, 0.2) is 0 Å². The van der Waals surface area contributed by atoms with Crippen molar-refractivity contribution in [1.82, 2.24) is 14.8 Å². The van der Waals surface area contributed by atoms with Gasteiger partial charge in [-0.15, -0.1) is 11.3 Å². The highest BCUT2D eigenvalue weighted by atomic mass is 32.1. The van der Waals surface area contributed by atoms with E-state index in [0.717, 1.165) is 12.5 Å². The van der Waals surface area contributed by atoms with Crippen molar-refractivity contribution < 1.29 is 0 Å². The van der Waals surface area contributed by atoms with Crippen molar-refractivity contribution in [2.45, 2.75) is 44.7 Å². The monoisotopic (exact) mass is 277 g/mol. The molecule has 0 aromatic carbocycles. The molecular formula is C15H23N3S. The fraction of sp³-hybridized carbons (Fsp3) is 0.800. The van der Waals surface area contributed by atoms with E-state index in [9.17, 15) is 0 Å². The minimum absolute atomic E-state index is 0.506. The Morgan fingerprint density at radius 1 is 1.37 bits per heavy atom. The topological polar surface area (TPSA) is 19.4 Å². The molecule has 1 aromatic heterocycles. The summed E-state index contributed by atoms with van der Waals surface area (Å²) in [7, 11) is 0. The molecule has 0 N–H and O–H groups in total. The molecular weight excluding hydrogens is 254 g/mol. The van der Waals surface area contributed by atoms with Gasteiger partial charge in [-0.2, -0.15) is 0 Å². The molecule has 1 unspecified atom stereocenters. The third-order valence-electron chi connectivity index (χ3n) is 5.16. The number of aryl methyl sites for hydroxylation is 1. The normalized spacial score (nSPS) is 32.1. The molecule has 2 aliphatic heterocycles. The second-order valence-electron chi connectivity index (χ2n) is 6.68. The Kier molecular flexibility index (Phi) is 2.94. The number of nitrogens with zero attached hydrogens (tertiary/aromatic N) is 3. The molecule has 3 fully saturated rings. The lowest BCUT2D eigenvalue weighted by molar-refractivity contribution is -0.0151. The van der Waals surface area contributed by atoms with Crippen LogP contribution in [0.15, 0.2) is 5.38 Å². The van der Waals surface area contributed by atoms with E-state index in [2.05, 4.69) is 27.1 Å². The van der Waals surface area contributed by atoms with E-state index < -0.39 is 0 Å². The molecule has 4 rings (SSSR count). The van der Waals surface area contributed by atoms with Gasteiger partial charge >= 0.3 is 0 Å². The van der Waals surface area contributed by atoms with Crippen LogP contribution in [0.5, 0.6) is 0 Å². The zero-order chi connectivity index (χ0) is 12.9. The predicted molar refractivity (Wildman–Crippen MR) is 78.4 cm³/mol. The van der Waals surface area contributed by atoms with E-state index in [1.807, 2.05) is 0 Å². The zero-order valence-corrected chi connectivity index (χ0v) is 12.6. The van der Waals surface area contributed by atoms with E-state index in [1.54, 1.807) is 11.3 Å². The van der Waals surface area contributed by atoms with Crippen LogP contribution in [0.4, 0.5) is 0 Å². The Hall–Kier alpha value is -0.450. The van der Waals surface area contributed by atoms with Crippen LogP contribution in [0.1, 0.15) is 36.4 Å². The highest BCUT2D eigenvalue weighted by molar-refractivity contribution is 7.09. The van der Waals surface area contributed by atoms with Crippen LogP contribution in [0.2, 0.25) is 0 Å². The van der Waals surface area contributed by atoms with Gasteiger partial charge in [0.2, 0.25) is 0 Å². The molecule has 104 valence electrons. The van der Waals surface area contributed by atoms with Gasteiger partial charge in [0.25, 0.3) is 0 Å². The van der Waals surface area contributed by atoms with Gasteiger partial charge in [0.05, 0.1) is 10.7 Å². The van der Waals surface area contributed by atoms with Crippen molar-refractivity contribution in [3.8, 4) is 0 Å². The summed E-state index contributed by atoms with van der Waals surface area (Å²) >= 11 is 1.78. The number of rotatable bonds is 4. The first kappa shape index (κ1) is 12.3. The molecule has 0 amide bonds. The zero-order valence-electron chi connectivity index (χ0n) is 11.8. The average Bonchev–Trinajstić information content (AvgIpc) is 2.92. The van der Waals surface area contributed by atoms with E-state index >= 15 is 0 Å². The molecule has 4 heteroatoms. The van der Waals surface area contributed by atoms with Crippen LogP contribution in [-0.2, 0) is 6.54 Å². The van der Waals surface area contributed by atoms with Crippen LogP contribution in [0.25, 0.3) is 0 Å². The van der Waals surface area contributed by atoms with Crippen LogP contribution in [-0.4, -0.2) is 46.5 Å². The van der Waals surface area contributed by atoms with Crippen LogP contribution in [0, 0.1) is 12.8 Å². The summed E-state index contributed by atoms with van der Waals surface area (Å²) < 4.78 is 0. The number of hydrogen-bond acceptors (Lipinski definition) is 4. The molecule has 1 spiro atoms. The van der Waals surface area contributed by atoms with E-state index in [1.165, 1.54) is 62.6 Å². The Labute approximate surface area is 119 Å². The smallest absolute Gasteiger partial charge is 0.0897 e. The fourth-order valence-corrected chi connectivity index (χ4v) is 4.34. The Morgan fingerprint density at radius 3 is 2.84 bits per heavy atom. The molecule has 3 heterocycles. The Bertz CT molecular complexity index is 468. The van der Waals surface area contributed by atoms with Gasteiger partial charge < -0.3 is 4.90 Å². The van der Waals surface area contributed by atoms with Gasteiger partial charge in [0.1, 0.15) is 0 Å². The quantitative estimate of drug-likeness (QED) is 0.843. The van der Waals surface area contributed by atoms with Crippen molar-refractivity contribution in [2.24, 2.45) is 5.92 Å². The second kappa shape index (κ2) is 4.54.